The molecule has 0 aliphatic rings. The van der Waals surface area contributed by atoms with E-state index in [0.29, 0.717) is 24.5 Å². The molecule has 20 heavy (non-hydrogen) atoms. The van der Waals surface area contributed by atoms with Gasteiger partial charge in [0.2, 0.25) is 0 Å². The number of ether oxygens (including phenoxy) is 1. The summed E-state index contributed by atoms with van der Waals surface area (Å²) >= 11 is 0. The van der Waals surface area contributed by atoms with Crippen LogP contribution in [0.1, 0.15) is 20.8 Å². The molecule has 0 radical (unpaired) electrons. The zero-order chi connectivity index (χ0) is 14.8. The molecule has 0 saturated heterocycles. The minimum absolute atomic E-state index is 0.0705. The first kappa shape index (κ1) is 14.4. The molecule has 0 unspecified atom stereocenters. The van der Waals surface area contributed by atoms with E-state index >= 15 is 0 Å². The third-order valence-corrected chi connectivity index (χ3v) is 2.85. The molecular weight excluding hydrogens is 261 g/mol. The summed E-state index contributed by atoms with van der Waals surface area (Å²) in [4.78, 5) is 0. The third kappa shape index (κ3) is 3.11. The molecule has 0 fully saturated rings. The number of hydrogen-bond acceptors (Lipinski definition) is 5. The van der Waals surface area contributed by atoms with E-state index in [4.69, 9.17) is 10.5 Å². The Morgan fingerprint density at radius 2 is 2.15 bits per heavy atom. The molecule has 2 N–H and O–H groups in total. The highest BCUT2D eigenvalue weighted by molar-refractivity contribution is 5.61. The van der Waals surface area contributed by atoms with Crippen molar-refractivity contribution < 1.29 is 9.13 Å². The van der Waals surface area contributed by atoms with Gasteiger partial charge >= 0.3 is 0 Å². The molecule has 0 saturated carbocycles. The van der Waals surface area contributed by atoms with E-state index in [1.165, 1.54) is 12.1 Å². The second-order valence-corrected chi connectivity index (χ2v) is 5.09. The van der Waals surface area contributed by atoms with Crippen molar-refractivity contribution in [1.29, 1.82) is 0 Å². The van der Waals surface area contributed by atoms with E-state index in [9.17, 15) is 4.39 Å². The number of aromatic nitrogens is 4. The SMILES string of the molecule is CCOC(C)(C)Cn1nnnc1-c1ccc(F)c(N)c1. The fourth-order valence-corrected chi connectivity index (χ4v) is 2.00. The second kappa shape index (κ2) is 5.54. The number of halogens is 1. The Balaban J connectivity index is 2.30. The Hall–Kier alpha value is -2.02. The summed E-state index contributed by atoms with van der Waals surface area (Å²) < 4.78 is 20.5. The van der Waals surface area contributed by atoms with E-state index in [-0.39, 0.29) is 5.69 Å². The minimum atomic E-state index is -0.456. The zero-order valence-corrected chi connectivity index (χ0v) is 11.8. The lowest BCUT2D eigenvalue weighted by atomic mass is 10.1. The van der Waals surface area contributed by atoms with Crippen LogP contribution in [0.25, 0.3) is 11.4 Å². The maximum absolute atomic E-state index is 13.2. The predicted octanol–water partition coefficient (Wildman–Crippen LogP) is 1.88. The average Bonchev–Trinajstić information content (AvgIpc) is 2.80. The lowest BCUT2D eigenvalue weighted by molar-refractivity contribution is -0.0246. The van der Waals surface area contributed by atoms with E-state index < -0.39 is 11.4 Å². The first-order valence-electron chi connectivity index (χ1n) is 6.38. The lowest BCUT2D eigenvalue weighted by Gasteiger charge is -2.24. The molecule has 0 bridgehead atoms. The largest absolute Gasteiger partial charge is 0.396 e. The van der Waals surface area contributed by atoms with Crippen LogP contribution >= 0.6 is 0 Å². The van der Waals surface area contributed by atoms with Gasteiger partial charge < -0.3 is 10.5 Å². The van der Waals surface area contributed by atoms with Crippen LogP contribution in [-0.2, 0) is 11.3 Å². The summed E-state index contributed by atoms with van der Waals surface area (Å²) in [5.41, 5.74) is 5.91. The Bertz CT molecular complexity index is 596. The van der Waals surface area contributed by atoms with Crippen molar-refractivity contribution in [2.24, 2.45) is 0 Å². The maximum atomic E-state index is 13.2. The normalized spacial score (nSPS) is 11.8. The summed E-state index contributed by atoms with van der Waals surface area (Å²) in [6.45, 7) is 6.94. The van der Waals surface area contributed by atoms with Crippen molar-refractivity contribution in [3.8, 4) is 11.4 Å². The molecule has 0 atom stereocenters. The van der Waals surface area contributed by atoms with Crippen molar-refractivity contribution in [1.82, 2.24) is 20.2 Å². The average molecular weight is 279 g/mol. The number of nitrogens with two attached hydrogens (primary N) is 1. The highest BCUT2D eigenvalue weighted by Gasteiger charge is 2.22. The molecule has 1 aromatic heterocycles. The van der Waals surface area contributed by atoms with Crippen LogP contribution in [0.2, 0.25) is 0 Å². The van der Waals surface area contributed by atoms with E-state index in [0.717, 1.165) is 0 Å². The van der Waals surface area contributed by atoms with Gasteiger partial charge in [-0.15, -0.1) is 5.10 Å². The van der Waals surface area contributed by atoms with Gasteiger partial charge in [0, 0.05) is 12.2 Å². The van der Waals surface area contributed by atoms with Gasteiger partial charge in [-0.1, -0.05) is 0 Å². The van der Waals surface area contributed by atoms with Gasteiger partial charge in [-0.3, -0.25) is 0 Å². The molecule has 0 amide bonds. The predicted molar refractivity (Wildman–Crippen MR) is 73.3 cm³/mol. The summed E-state index contributed by atoms with van der Waals surface area (Å²) in [5.74, 6) is 0.0758. The summed E-state index contributed by atoms with van der Waals surface area (Å²) in [5, 5.41) is 11.6. The van der Waals surface area contributed by atoms with Gasteiger partial charge in [-0.2, -0.15) is 0 Å². The number of nitrogen functional groups attached to an aromatic ring is 1. The van der Waals surface area contributed by atoms with Gasteiger partial charge in [-0.25, -0.2) is 9.07 Å². The Morgan fingerprint density at radius 3 is 2.80 bits per heavy atom. The Labute approximate surface area is 116 Å². The lowest BCUT2D eigenvalue weighted by Crippen LogP contribution is -2.31. The Kier molecular flexibility index (Phi) is 3.99. The monoisotopic (exact) mass is 279 g/mol. The molecule has 108 valence electrons. The summed E-state index contributed by atoms with van der Waals surface area (Å²) in [7, 11) is 0. The minimum Gasteiger partial charge on any atom is -0.396 e. The van der Waals surface area contributed by atoms with Crippen LogP contribution in [-0.4, -0.2) is 32.4 Å². The third-order valence-electron chi connectivity index (χ3n) is 2.85. The molecule has 0 aliphatic heterocycles. The summed E-state index contributed by atoms with van der Waals surface area (Å²) in [6, 6.07) is 4.42. The van der Waals surface area contributed by atoms with Crippen LogP contribution in [0.5, 0.6) is 0 Å². The number of hydrogen-bond donors (Lipinski definition) is 1. The van der Waals surface area contributed by atoms with Gasteiger partial charge in [0.1, 0.15) is 5.82 Å². The fraction of sp³-hybridized carbons (Fsp3) is 0.462. The topological polar surface area (TPSA) is 78.8 Å². The summed E-state index contributed by atoms with van der Waals surface area (Å²) in [6.07, 6.45) is 0. The van der Waals surface area contributed by atoms with Gasteiger partial charge in [0.05, 0.1) is 17.8 Å². The van der Waals surface area contributed by atoms with Gasteiger partial charge in [0.25, 0.3) is 0 Å². The van der Waals surface area contributed by atoms with Crippen molar-refractivity contribution >= 4 is 5.69 Å². The van der Waals surface area contributed by atoms with Crippen LogP contribution in [0, 0.1) is 5.82 Å². The van der Waals surface area contributed by atoms with Crippen molar-refractivity contribution in [3.63, 3.8) is 0 Å². The number of nitrogens with zero attached hydrogens (tertiary/aromatic N) is 4. The van der Waals surface area contributed by atoms with Crippen molar-refractivity contribution in [2.45, 2.75) is 32.9 Å². The Morgan fingerprint density at radius 1 is 1.40 bits per heavy atom. The smallest absolute Gasteiger partial charge is 0.182 e. The standard InChI is InChI=1S/C13H18FN5O/c1-4-20-13(2,3)8-19-12(16-17-18-19)9-5-6-10(14)11(15)7-9/h5-7H,4,8,15H2,1-3H3. The van der Waals surface area contributed by atoms with Crippen molar-refractivity contribution in [3.05, 3.63) is 24.0 Å². The molecule has 2 rings (SSSR count). The zero-order valence-electron chi connectivity index (χ0n) is 11.8. The molecule has 0 aliphatic carbocycles. The highest BCUT2D eigenvalue weighted by atomic mass is 19.1. The van der Waals surface area contributed by atoms with Crippen LogP contribution in [0.3, 0.4) is 0 Å². The molecule has 0 spiro atoms. The van der Waals surface area contributed by atoms with E-state index in [1.807, 2.05) is 20.8 Å². The van der Waals surface area contributed by atoms with Crippen LogP contribution in [0.4, 0.5) is 10.1 Å². The van der Waals surface area contributed by atoms with Crippen LogP contribution in [0.15, 0.2) is 18.2 Å². The maximum Gasteiger partial charge on any atom is 0.182 e. The van der Waals surface area contributed by atoms with Crippen LogP contribution < -0.4 is 5.73 Å². The number of tetrazole rings is 1. The molecule has 1 heterocycles. The first-order chi connectivity index (χ1) is 9.43. The van der Waals surface area contributed by atoms with Gasteiger partial charge in [0.15, 0.2) is 5.82 Å². The second-order valence-electron chi connectivity index (χ2n) is 5.09. The molecule has 1 aromatic carbocycles. The highest BCUT2D eigenvalue weighted by Crippen LogP contribution is 2.22. The molecule has 2 aromatic rings. The fourth-order valence-electron chi connectivity index (χ4n) is 2.00. The first-order valence-corrected chi connectivity index (χ1v) is 6.38. The molecule has 6 nitrogen and oxygen atoms in total. The van der Waals surface area contributed by atoms with Gasteiger partial charge in [-0.05, 0) is 49.4 Å². The van der Waals surface area contributed by atoms with E-state index in [1.54, 1.807) is 10.7 Å². The number of benzene rings is 1. The van der Waals surface area contributed by atoms with Crippen molar-refractivity contribution in [2.75, 3.05) is 12.3 Å². The number of rotatable bonds is 5. The molecular formula is C13H18FN5O. The van der Waals surface area contributed by atoms with E-state index in [2.05, 4.69) is 15.5 Å². The number of anilines is 1. The quantitative estimate of drug-likeness (QED) is 0.845. The molecule has 7 heteroatoms.